The molecule has 3 rings (SSSR count). The molecule has 0 amide bonds. The van der Waals surface area contributed by atoms with E-state index in [1.807, 2.05) is 48.1 Å². The maximum atomic E-state index is 4.49. The van der Waals surface area contributed by atoms with Gasteiger partial charge in [-0.15, -0.1) is 0 Å². The maximum Gasteiger partial charge on any atom is 0.145 e. The summed E-state index contributed by atoms with van der Waals surface area (Å²) >= 11 is 0. The van der Waals surface area contributed by atoms with Crippen LogP contribution in [0.2, 0.25) is 0 Å². The highest BCUT2D eigenvalue weighted by Crippen LogP contribution is 2.20. The molecule has 0 aliphatic carbocycles. The van der Waals surface area contributed by atoms with Gasteiger partial charge in [-0.05, 0) is 18.2 Å². The van der Waals surface area contributed by atoms with Crippen molar-refractivity contribution >= 4 is 5.82 Å². The van der Waals surface area contributed by atoms with Crippen molar-refractivity contribution in [2.45, 2.75) is 0 Å². The van der Waals surface area contributed by atoms with Gasteiger partial charge < -0.3 is 5.32 Å². The van der Waals surface area contributed by atoms with Gasteiger partial charge in [-0.25, -0.2) is 9.67 Å². The number of hydrogen-bond donors (Lipinski definition) is 1. The topological polar surface area (TPSA) is 55.6 Å². The molecular weight excluding hydrogens is 238 g/mol. The average Bonchev–Trinajstić information content (AvgIpc) is 2.98. The van der Waals surface area contributed by atoms with Crippen LogP contribution >= 0.6 is 0 Å². The Labute approximate surface area is 111 Å². The maximum absolute atomic E-state index is 4.49. The van der Waals surface area contributed by atoms with Gasteiger partial charge in [0, 0.05) is 7.05 Å². The second-order valence-electron chi connectivity index (χ2n) is 4.00. The standard InChI is InChI=1S/C14H13N5/c1-15-14-10-16-9-12(18-14)13-7-8-17-19(13)11-5-3-2-4-6-11/h2-10H,1H3,(H,15,18). The summed E-state index contributed by atoms with van der Waals surface area (Å²) in [5, 5.41) is 7.33. The zero-order chi connectivity index (χ0) is 13.1. The van der Waals surface area contributed by atoms with Gasteiger partial charge in [-0.1, -0.05) is 18.2 Å². The fraction of sp³-hybridized carbons (Fsp3) is 0.0714. The summed E-state index contributed by atoms with van der Waals surface area (Å²) in [4.78, 5) is 8.67. The van der Waals surface area contributed by atoms with E-state index in [1.165, 1.54) is 0 Å². The van der Waals surface area contributed by atoms with Crippen molar-refractivity contribution in [3.05, 3.63) is 55.0 Å². The van der Waals surface area contributed by atoms with E-state index >= 15 is 0 Å². The molecule has 0 saturated heterocycles. The van der Waals surface area contributed by atoms with Gasteiger partial charge >= 0.3 is 0 Å². The molecule has 1 N–H and O–H groups in total. The normalized spacial score (nSPS) is 10.4. The van der Waals surface area contributed by atoms with Gasteiger partial charge in [0.2, 0.25) is 0 Å². The molecule has 5 heteroatoms. The Kier molecular flexibility index (Phi) is 2.94. The molecule has 0 spiro atoms. The molecule has 19 heavy (non-hydrogen) atoms. The van der Waals surface area contributed by atoms with Gasteiger partial charge in [0.15, 0.2) is 0 Å². The highest BCUT2D eigenvalue weighted by Gasteiger charge is 2.09. The monoisotopic (exact) mass is 251 g/mol. The molecule has 0 bridgehead atoms. The van der Waals surface area contributed by atoms with Gasteiger partial charge in [-0.2, -0.15) is 5.10 Å². The summed E-state index contributed by atoms with van der Waals surface area (Å²) in [6, 6.07) is 11.9. The number of benzene rings is 1. The van der Waals surface area contributed by atoms with E-state index in [-0.39, 0.29) is 0 Å². The molecule has 0 saturated carbocycles. The van der Waals surface area contributed by atoms with E-state index < -0.39 is 0 Å². The molecule has 2 aromatic heterocycles. The van der Waals surface area contributed by atoms with E-state index in [0.717, 1.165) is 22.9 Å². The van der Waals surface area contributed by atoms with Crippen molar-refractivity contribution in [1.29, 1.82) is 0 Å². The SMILES string of the molecule is CNc1cncc(-c2ccnn2-c2ccccc2)n1. The molecule has 1 aromatic carbocycles. The summed E-state index contributed by atoms with van der Waals surface area (Å²) in [6.07, 6.45) is 5.18. The fourth-order valence-electron chi connectivity index (χ4n) is 1.88. The Morgan fingerprint density at radius 3 is 2.68 bits per heavy atom. The van der Waals surface area contributed by atoms with E-state index in [9.17, 15) is 0 Å². The summed E-state index contributed by atoms with van der Waals surface area (Å²) in [5.74, 6) is 0.735. The van der Waals surface area contributed by atoms with Crippen LogP contribution in [0.3, 0.4) is 0 Å². The minimum Gasteiger partial charge on any atom is -0.372 e. The van der Waals surface area contributed by atoms with Crippen molar-refractivity contribution < 1.29 is 0 Å². The molecule has 0 unspecified atom stereocenters. The van der Waals surface area contributed by atoms with E-state index in [2.05, 4.69) is 20.4 Å². The summed E-state index contributed by atoms with van der Waals surface area (Å²) in [7, 11) is 1.82. The van der Waals surface area contributed by atoms with Crippen LogP contribution in [0.5, 0.6) is 0 Å². The number of rotatable bonds is 3. The molecule has 5 nitrogen and oxygen atoms in total. The lowest BCUT2D eigenvalue weighted by Gasteiger charge is -2.07. The third-order valence-corrected chi connectivity index (χ3v) is 2.80. The molecule has 0 aliphatic rings. The molecule has 0 atom stereocenters. The lowest BCUT2D eigenvalue weighted by Crippen LogP contribution is -2.01. The Hall–Kier alpha value is -2.69. The lowest BCUT2D eigenvalue weighted by atomic mass is 10.3. The quantitative estimate of drug-likeness (QED) is 0.776. The van der Waals surface area contributed by atoms with Crippen molar-refractivity contribution in [3.8, 4) is 17.1 Å². The number of anilines is 1. The number of nitrogens with zero attached hydrogens (tertiary/aromatic N) is 4. The van der Waals surface area contributed by atoms with Crippen LogP contribution in [-0.2, 0) is 0 Å². The fourth-order valence-corrected chi connectivity index (χ4v) is 1.88. The Bertz CT molecular complexity index is 675. The van der Waals surface area contributed by atoms with Gasteiger partial charge in [0.05, 0.1) is 30.0 Å². The predicted octanol–water partition coefficient (Wildman–Crippen LogP) is 2.37. The van der Waals surface area contributed by atoms with Crippen LogP contribution in [0.15, 0.2) is 55.0 Å². The zero-order valence-corrected chi connectivity index (χ0v) is 10.5. The van der Waals surface area contributed by atoms with Gasteiger partial charge in [0.25, 0.3) is 0 Å². The average molecular weight is 251 g/mol. The summed E-state index contributed by atoms with van der Waals surface area (Å²) < 4.78 is 1.85. The molecule has 0 fully saturated rings. The van der Waals surface area contributed by atoms with Crippen LogP contribution in [0.4, 0.5) is 5.82 Å². The molecule has 0 radical (unpaired) electrons. The smallest absolute Gasteiger partial charge is 0.145 e. The van der Waals surface area contributed by atoms with Crippen LogP contribution in [0.25, 0.3) is 17.1 Å². The van der Waals surface area contributed by atoms with Crippen molar-refractivity contribution in [2.75, 3.05) is 12.4 Å². The largest absolute Gasteiger partial charge is 0.372 e. The van der Waals surface area contributed by atoms with Crippen molar-refractivity contribution in [1.82, 2.24) is 19.7 Å². The third-order valence-electron chi connectivity index (χ3n) is 2.80. The first kappa shape index (κ1) is 11.4. The highest BCUT2D eigenvalue weighted by atomic mass is 15.3. The van der Waals surface area contributed by atoms with Crippen LogP contribution < -0.4 is 5.32 Å². The van der Waals surface area contributed by atoms with Crippen LogP contribution in [0, 0.1) is 0 Å². The predicted molar refractivity (Wildman–Crippen MR) is 74.1 cm³/mol. The summed E-state index contributed by atoms with van der Waals surface area (Å²) in [5.41, 5.74) is 2.70. The van der Waals surface area contributed by atoms with Gasteiger partial charge in [0.1, 0.15) is 11.5 Å². The second-order valence-corrected chi connectivity index (χ2v) is 4.00. The number of aromatic nitrogens is 4. The van der Waals surface area contributed by atoms with Crippen LogP contribution in [-0.4, -0.2) is 26.8 Å². The Morgan fingerprint density at radius 1 is 1.05 bits per heavy atom. The Morgan fingerprint density at radius 2 is 1.89 bits per heavy atom. The number of hydrogen-bond acceptors (Lipinski definition) is 4. The third kappa shape index (κ3) is 2.18. The minimum absolute atomic E-state index is 0.735. The van der Waals surface area contributed by atoms with Crippen molar-refractivity contribution in [3.63, 3.8) is 0 Å². The first-order chi connectivity index (χ1) is 9.38. The minimum atomic E-state index is 0.735. The van der Waals surface area contributed by atoms with Crippen LogP contribution in [0.1, 0.15) is 0 Å². The second kappa shape index (κ2) is 4.89. The lowest BCUT2D eigenvalue weighted by molar-refractivity contribution is 0.883. The first-order valence-corrected chi connectivity index (χ1v) is 5.98. The zero-order valence-electron chi connectivity index (χ0n) is 10.5. The molecule has 3 aromatic rings. The Balaban J connectivity index is 2.09. The first-order valence-electron chi connectivity index (χ1n) is 5.98. The molecule has 2 heterocycles. The molecule has 0 aliphatic heterocycles. The highest BCUT2D eigenvalue weighted by molar-refractivity contribution is 5.58. The summed E-state index contributed by atoms with van der Waals surface area (Å²) in [6.45, 7) is 0. The van der Waals surface area contributed by atoms with E-state index in [4.69, 9.17) is 0 Å². The van der Waals surface area contributed by atoms with Gasteiger partial charge in [-0.3, -0.25) is 4.98 Å². The molecule has 94 valence electrons. The van der Waals surface area contributed by atoms with E-state index in [0.29, 0.717) is 0 Å². The van der Waals surface area contributed by atoms with E-state index in [1.54, 1.807) is 18.6 Å². The molecular formula is C14H13N5. The van der Waals surface area contributed by atoms with Crippen molar-refractivity contribution in [2.24, 2.45) is 0 Å². The number of para-hydroxylation sites is 1. The number of nitrogens with one attached hydrogen (secondary N) is 1.